The van der Waals surface area contributed by atoms with Gasteiger partial charge in [0.15, 0.2) is 0 Å². The molecule has 3 rings (SSSR count). The summed E-state index contributed by atoms with van der Waals surface area (Å²) in [7, 11) is 0. The molecule has 2 N–H and O–H groups in total. The van der Waals surface area contributed by atoms with Crippen LogP contribution < -0.4 is 11.2 Å². The van der Waals surface area contributed by atoms with Gasteiger partial charge < -0.3 is 9.88 Å². The highest BCUT2D eigenvalue weighted by Crippen LogP contribution is 2.25. The van der Waals surface area contributed by atoms with Crippen LogP contribution in [0.15, 0.2) is 9.59 Å². The van der Waals surface area contributed by atoms with Crippen LogP contribution in [-0.4, -0.2) is 48.6 Å². The van der Waals surface area contributed by atoms with Gasteiger partial charge in [0.1, 0.15) is 11.6 Å². The average molecular weight is 374 g/mol. The number of nitrogens with zero attached hydrogens (tertiary/aromatic N) is 4. The van der Waals surface area contributed by atoms with Gasteiger partial charge in [-0.05, 0) is 26.7 Å². The van der Waals surface area contributed by atoms with Gasteiger partial charge in [-0.3, -0.25) is 14.2 Å². The number of amides is 1. The van der Waals surface area contributed by atoms with Gasteiger partial charge in [0.2, 0.25) is 5.91 Å². The van der Waals surface area contributed by atoms with Crippen LogP contribution in [0.4, 0.5) is 0 Å². The maximum Gasteiger partial charge on any atom is 0.343 e. The molecule has 0 aliphatic carbocycles. The molecule has 9 nitrogen and oxygen atoms in total. The molecule has 0 saturated carbocycles. The molecule has 9 heteroatoms. The minimum Gasteiger partial charge on any atom is -0.342 e. The van der Waals surface area contributed by atoms with E-state index in [1.165, 1.54) is 0 Å². The van der Waals surface area contributed by atoms with Crippen molar-refractivity contribution in [3.05, 3.63) is 43.7 Å². The van der Waals surface area contributed by atoms with E-state index >= 15 is 0 Å². The quantitative estimate of drug-likeness (QED) is 0.790. The van der Waals surface area contributed by atoms with Crippen LogP contribution in [-0.2, 0) is 24.2 Å². The van der Waals surface area contributed by atoms with Crippen LogP contribution in [0.1, 0.15) is 55.5 Å². The predicted molar refractivity (Wildman–Crippen MR) is 99.8 cm³/mol. The summed E-state index contributed by atoms with van der Waals surface area (Å²) in [6.07, 6.45) is 2.39. The molecule has 1 amide bonds. The van der Waals surface area contributed by atoms with Gasteiger partial charge in [-0.25, -0.2) is 14.9 Å². The number of likely N-dealkylation sites (tertiary alicyclic amines) is 1. The smallest absolute Gasteiger partial charge is 0.342 e. The Morgan fingerprint density at radius 2 is 2.07 bits per heavy atom. The lowest BCUT2D eigenvalue weighted by molar-refractivity contribution is -0.131. The van der Waals surface area contributed by atoms with Crippen LogP contribution in [0.5, 0.6) is 0 Å². The topological polar surface area (TPSA) is 117 Å². The highest BCUT2D eigenvalue weighted by atomic mass is 16.2. The fraction of sp³-hybridized carbons (Fsp3) is 0.611. The van der Waals surface area contributed by atoms with E-state index in [0.717, 1.165) is 12.8 Å². The maximum atomic E-state index is 12.8. The highest BCUT2D eigenvalue weighted by Gasteiger charge is 2.29. The van der Waals surface area contributed by atoms with Crippen molar-refractivity contribution in [2.45, 2.75) is 58.9 Å². The SMILES string of the molecule is CCc1nc(C)c(CC(=O)N2CCC[C@H](c3n[nH]c(=O)n3CC)C2)c(=O)[nH]1. The first-order valence-electron chi connectivity index (χ1n) is 9.46. The third-order valence-corrected chi connectivity index (χ3v) is 5.18. The predicted octanol–water partition coefficient (Wildman–Crippen LogP) is 0.494. The summed E-state index contributed by atoms with van der Waals surface area (Å²) in [6, 6.07) is 0. The van der Waals surface area contributed by atoms with E-state index in [2.05, 4.69) is 20.2 Å². The van der Waals surface area contributed by atoms with Gasteiger partial charge in [0.25, 0.3) is 5.56 Å². The molecule has 146 valence electrons. The van der Waals surface area contributed by atoms with E-state index in [1.54, 1.807) is 16.4 Å². The monoisotopic (exact) mass is 374 g/mol. The lowest BCUT2D eigenvalue weighted by Crippen LogP contribution is -2.41. The summed E-state index contributed by atoms with van der Waals surface area (Å²) in [5, 5.41) is 6.65. The molecule has 1 aliphatic rings. The molecule has 1 atom stereocenters. The van der Waals surface area contributed by atoms with Crippen molar-refractivity contribution in [3.63, 3.8) is 0 Å². The Balaban J connectivity index is 1.76. The standard InChI is InChI=1S/C18H26N6O3/c1-4-14-19-11(3)13(17(26)20-14)9-15(25)23-8-6-7-12(10-23)16-21-22-18(27)24(16)5-2/h12H,4-10H2,1-3H3,(H,22,27)(H,19,20,26)/t12-/m0/s1. The number of aryl methyl sites for hydroxylation is 2. The Labute approximate surface area is 156 Å². The minimum absolute atomic E-state index is 0.0153. The van der Waals surface area contributed by atoms with E-state index < -0.39 is 0 Å². The minimum atomic E-state index is -0.242. The van der Waals surface area contributed by atoms with E-state index in [-0.39, 0.29) is 29.5 Å². The molecule has 27 heavy (non-hydrogen) atoms. The summed E-state index contributed by atoms with van der Waals surface area (Å²) in [5.74, 6) is 1.24. The molecular formula is C18H26N6O3. The highest BCUT2D eigenvalue weighted by molar-refractivity contribution is 5.79. The second-order valence-corrected chi connectivity index (χ2v) is 6.92. The van der Waals surface area contributed by atoms with Crippen molar-refractivity contribution in [1.82, 2.24) is 29.6 Å². The van der Waals surface area contributed by atoms with Gasteiger partial charge in [0, 0.05) is 43.2 Å². The number of carbonyl (C=O) groups excluding carboxylic acids is 1. The Hall–Kier alpha value is -2.71. The number of hydrogen-bond donors (Lipinski definition) is 2. The van der Waals surface area contributed by atoms with Crippen molar-refractivity contribution >= 4 is 5.91 Å². The summed E-state index contributed by atoms with van der Waals surface area (Å²) in [6.45, 7) is 7.27. The normalized spacial score (nSPS) is 17.3. The zero-order chi connectivity index (χ0) is 19.6. The van der Waals surface area contributed by atoms with Crippen molar-refractivity contribution in [3.8, 4) is 0 Å². The van der Waals surface area contributed by atoms with E-state index in [0.29, 0.717) is 49.0 Å². The van der Waals surface area contributed by atoms with Crippen molar-refractivity contribution in [2.24, 2.45) is 0 Å². The Bertz CT molecular complexity index is 941. The Morgan fingerprint density at radius 3 is 2.74 bits per heavy atom. The van der Waals surface area contributed by atoms with E-state index in [9.17, 15) is 14.4 Å². The molecular weight excluding hydrogens is 348 g/mol. The van der Waals surface area contributed by atoms with E-state index in [1.807, 2.05) is 13.8 Å². The number of H-pyrrole nitrogens is 2. The molecule has 0 bridgehead atoms. The fourth-order valence-electron chi connectivity index (χ4n) is 3.67. The second kappa shape index (κ2) is 7.89. The molecule has 2 aromatic heterocycles. The van der Waals surface area contributed by atoms with E-state index in [4.69, 9.17) is 0 Å². The lowest BCUT2D eigenvalue weighted by Gasteiger charge is -2.32. The molecule has 2 aromatic rings. The molecule has 0 radical (unpaired) electrons. The number of piperidine rings is 1. The second-order valence-electron chi connectivity index (χ2n) is 6.92. The maximum absolute atomic E-state index is 12.8. The van der Waals surface area contributed by atoms with Gasteiger partial charge >= 0.3 is 5.69 Å². The first-order chi connectivity index (χ1) is 12.9. The third kappa shape index (κ3) is 3.86. The Kier molecular flexibility index (Phi) is 5.57. The van der Waals surface area contributed by atoms with Crippen LogP contribution >= 0.6 is 0 Å². The van der Waals surface area contributed by atoms with Gasteiger partial charge in [-0.1, -0.05) is 6.92 Å². The number of carbonyl (C=O) groups is 1. The number of rotatable bonds is 5. The van der Waals surface area contributed by atoms with Gasteiger partial charge in [0.05, 0.1) is 6.42 Å². The van der Waals surface area contributed by atoms with Crippen LogP contribution in [0.2, 0.25) is 0 Å². The van der Waals surface area contributed by atoms with Crippen molar-refractivity contribution in [2.75, 3.05) is 13.1 Å². The molecule has 0 unspecified atom stereocenters. The first kappa shape index (κ1) is 19.1. The number of hydrogen-bond acceptors (Lipinski definition) is 5. The average Bonchev–Trinajstić information content (AvgIpc) is 3.04. The molecule has 1 saturated heterocycles. The number of nitrogens with one attached hydrogen (secondary N) is 2. The van der Waals surface area contributed by atoms with Crippen molar-refractivity contribution in [1.29, 1.82) is 0 Å². The zero-order valence-corrected chi connectivity index (χ0v) is 16.0. The van der Waals surface area contributed by atoms with Crippen molar-refractivity contribution < 1.29 is 4.79 Å². The number of aromatic nitrogens is 5. The van der Waals surface area contributed by atoms with Crippen LogP contribution in [0, 0.1) is 6.92 Å². The molecule has 3 heterocycles. The first-order valence-corrected chi connectivity index (χ1v) is 9.46. The molecule has 1 fully saturated rings. The molecule has 0 spiro atoms. The third-order valence-electron chi connectivity index (χ3n) is 5.18. The summed E-state index contributed by atoms with van der Waals surface area (Å²) in [5.41, 5.74) is 0.558. The zero-order valence-electron chi connectivity index (χ0n) is 16.0. The summed E-state index contributed by atoms with van der Waals surface area (Å²) in [4.78, 5) is 45.8. The molecule has 0 aromatic carbocycles. The molecule has 1 aliphatic heterocycles. The van der Waals surface area contributed by atoms with Gasteiger partial charge in [-0.2, -0.15) is 5.10 Å². The Morgan fingerprint density at radius 1 is 1.30 bits per heavy atom. The van der Waals surface area contributed by atoms with Gasteiger partial charge in [-0.15, -0.1) is 0 Å². The fourth-order valence-corrected chi connectivity index (χ4v) is 3.67. The van der Waals surface area contributed by atoms with Crippen LogP contribution in [0.25, 0.3) is 0 Å². The summed E-state index contributed by atoms with van der Waals surface area (Å²) < 4.78 is 1.61. The summed E-state index contributed by atoms with van der Waals surface area (Å²) >= 11 is 0. The van der Waals surface area contributed by atoms with Crippen LogP contribution in [0.3, 0.4) is 0 Å². The number of aromatic amines is 2. The largest absolute Gasteiger partial charge is 0.343 e. The lowest BCUT2D eigenvalue weighted by atomic mass is 9.96.